The fourth-order valence-corrected chi connectivity index (χ4v) is 3.01. The van der Waals surface area contributed by atoms with Gasteiger partial charge in [0.15, 0.2) is 0 Å². The fourth-order valence-electron chi connectivity index (χ4n) is 2.02. The second kappa shape index (κ2) is 7.64. The van der Waals surface area contributed by atoms with E-state index >= 15 is 0 Å². The van der Waals surface area contributed by atoms with Crippen molar-refractivity contribution in [3.8, 4) is 0 Å². The number of benzene rings is 1. The molecule has 0 aliphatic rings. The van der Waals surface area contributed by atoms with Crippen molar-refractivity contribution in [3.05, 3.63) is 34.9 Å². The number of hydrogen-bond donors (Lipinski definition) is 0. The Bertz CT molecular complexity index is 878. The van der Waals surface area contributed by atoms with E-state index in [-0.39, 0.29) is 24.8 Å². The van der Waals surface area contributed by atoms with Crippen molar-refractivity contribution < 1.29 is 57.5 Å². The zero-order chi connectivity index (χ0) is 22.1. The Kier molecular flexibility index (Phi) is 6.49. The Morgan fingerprint density at radius 2 is 1.46 bits per heavy atom. The van der Waals surface area contributed by atoms with Crippen LogP contribution in [0.25, 0.3) is 6.08 Å². The summed E-state index contributed by atoms with van der Waals surface area (Å²) in [5.41, 5.74) is -13.4. The predicted octanol–water partition coefficient (Wildman–Crippen LogP) is 4.59. The summed E-state index contributed by atoms with van der Waals surface area (Å²) in [5, 5.41) is 0. The number of rotatable bonds is 4. The summed E-state index contributed by atoms with van der Waals surface area (Å²) in [6.45, 7) is 1.11. The third-order valence-corrected chi connectivity index (χ3v) is 4.57. The lowest BCUT2D eigenvalue weighted by molar-refractivity contribution is -0.164. The SMILES string of the molecule is CCOC(=O)/C=C/c1ccc(S(=O)(=O)C(F)(F)F)c(C(F)(F)F)c1C(F)(F)F. The Hall–Kier alpha value is -2.25. The minimum absolute atomic E-state index is 0.0758. The summed E-state index contributed by atoms with van der Waals surface area (Å²) in [6.07, 6.45) is -11.5. The molecule has 0 unspecified atom stereocenters. The molecule has 1 aromatic rings. The normalized spacial score (nSPS) is 13.8. The van der Waals surface area contributed by atoms with Crippen molar-refractivity contribution >= 4 is 21.9 Å². The van der Waals surface area contributed by atoms with Gasteiger partial charge in [-0.25, -0.2) is 13.2 Å². The van der Waals surface area contributed by atoms with E-state index in [1.165, 1.54) is 6.92 Å². The molecular weight excluding hydrogens is 435 g/mol. The number of esters is 1. The smallest absolute Gasteiger partial charge is 0.463 e. The Morgan fingerprint density at radius 1 is 0.964 bits per heavy atom. The molecule has 14 heteroatoms. The highest BCUT2D eigenvalue weighted by atomic mass is 32.2. The number of carbonyl (C=O) groups is 1. The summed E-state index contributed by atoms with van der Waals surface area (Å²) >= 11 is 0. The maximum absolute atomic E-state index is 13.3. The quantitative estimate of drug-likeness (QED) is 0.387. The van der Waals surface area contributed by atoms with Crippen molar-refractivity contribution in [2.45, 2.75) is 29.7 Å². The first-order chi connectivity index (χ1) is 12.4. The highest BCUT2D eigenvalue weighted by molar-refractivity contribution is 7.92. The van der Waals surface area contributed by atoms with Crippen molar-refractivity contribution in [1.29, 1.82) is 0 Å². The topological polar surface area (TPSA) is 60.4 Å². The molecule has 0 heterocycles. The van der Waals surface area contributed by atoms with Gasteiger partial charge < -0.3 is 4.74 Å². The van der Waals surface area contributed by atoms with E-state index in [0.29, 0.717) is 6.08 Å². The molecule has 0 radical (unpaired) electrons. The molecule has 0 aliphatic heterocycles. The number of hydrogen-bond acceptors (Lipinski definition) is 4. The van der Waals surface area contributed by atoms with Crippen LogP contribution in [0, 0.1) is 0 Å². The van der Waals surface area contributed by atoms with Crippen molar-refractivity contribution in [3.63, 3.8) is 0 Å². The molecule has 4 nitrogen and oxygen atoms in total. The van der Waals surface area contributed by atoms with E-state index in [9.17, 15) is 52.7 Å². The summed E-state index contributed by atoms with van der Waals surface area (Å²) in [6, 6.07) is -0.182. The summed E-state index contributed by atoms with van der Waals surface area (Å²) in [4.78, 5) is 8.56. The molecule has 0 bridgehead atoms. The third kappa shape index (κ3) is 4.97. The van der Waals surface area contributed by atoms with Gasteiger partial charge in [-0.1, -0.05) is 6.07 Å². The number of carbonyl (C=O) groups excluding carboxylic acids is 1. The lowest BCUT2D eigenvalue weighted by Crippen LogP contribution is -2.29. The highest BCUT2D eigenvalue weighted by Gasteiger charge is 2.54. The first-order valence-electron chi connectivity index (χ1n) is 6.92. The van der Waals surface area contributed by atoms with Crippen LogP contribution in [0.1, 0.15) is 23.6 Å². The van der Waals surface area contributed by atoms with E-state index < -0.39 is 55.3 Å². The largest absolute Gasteiger partial charge is 0.501 e. The van der Waals surface area contributed by atoms with Gasteiger partial charge in [0.2, 0.25) is 0 Å². The first-order valence-corrected chi connectivity index (χ1v) is 8.40. The average Bonchev–Trinajstić information content (AvgIpc) is 2.49. The zero-order valence-corrected chi connectivity index (χ0v) is 14.3. The lowest BCUT2D eigenvalue weighted by Gasteiger charge is -2.21. The predicted molar refractivity (Wildman–Crippen MR) is 75.4 cm³/mol. The lowest BCUT2D eigenvalue weighted by atomic mass is 9.99. The van der Waals surface area contributed by atoms with Gasteiger partial charge in [0.25, 0.3) is 9.84 Å². The van der Waals surface area contributed by atoms with Gasteiger partial charge in [-0.2, -0.15) is 39.5 Å². The molecule has 1 rings (SSSR count). The summed E-state index contributed by atoms with van der Waals surface area (Å²) in [7, 11) is -6.77. The average molecular weight is 444 g/mol. The molecule has 0 aromatic heterocycles. The second-order valence-corrected chi connectivity index (χ2v) is 6.84. The van der Waals surface area contributed by atoms with Gasteiger partial charge in [-0.05, 0) is 24.6 Å². The van der Waals surface area contributed by atoms with Crippen LogP contribution < -0.4 is 0 Å². The fraction of sp³-hybridized carbons (Fsp3) is 0.357. The standard InChI is InChI=1S/C14H9F9O4S/c1-2-27-9(24)6-4-7-3-5-8(28(25,26)14(21,22)23)11(13(18,19)20)10(7)12(15,16)17/h3-6H,2H2,1H3/b6-4+. The molecule has 0 spiro atoms. The molecule has 0 N–H and O–H groups in total. The van der Waals surface area contributed by atoms with E-state index in [1.807, 2.05) is 0 Å². The van der Waals surface area contributed by atoms with E-state index in [1.54, 1.807) is 0 Å². The van der Waals surface area contributed by atoms with Crippen LogP contribution in [0.3, 0.4) is 0 Å². The minimum atomic E-state index is -6.77. The van der Waals surface area contributed by atoms with Crippen LogP contribution in [0.15, 0.2) is 23.1 Å². The van der Waals surface area contributed by atoms with Gasteiger partial charge in [-0.3, -0.25) is 0 Å². The number of sulfone groups is 1. The third-order valence-electron chi connectivity index (χ3n) is 3.05. The molecular formula is C14H9F9O4S. The molecule has 0 aliphatic carbocycles. The van der Waals surface area contributed by atoms with Crippen LogP contribution >= 0.6 is 0 Å². The molecule has 0 saturated carbocycles. The maximum atomic E-state index is 13.3. The second-order valence-electron chi connectivity index (χ2n) is 4.93. The molecule has 0 saturated heterocycles. The highest BCUT2D eigenvalue weighted by Crippen LogP contribution is 2.47. The molecule has 158 valence electrons. The van der Waals surface area contributed by atoms with Crippen LogP contribution in [-0.2, 0) is 31.7 Å². The van der Waals surface area contributed by atoms with E-state index in [0.717, 1.165) is 0 Å². The van der Waals surface area contributed by atoms with E-state index in [4.69, 9.17) is 0 Å². The van der Waals surface area contributed by atoms with Crippen molar-refractivity contribution in [1.82, 2.24) is 0 Å². The molecule has 28 heavy (non-hydrogen) atoms. The molecule has 1 aromatic carbocycles. The van der Waals surface area contributed by atoms with Crippen LogP contribution in [0.5, 0.6) is 0 Å². The van der Waals surface area contributed by atoms with Gasteiger partial charge in [0.1, 0.15) is 0 Å². The number of alkyl halides is 9. The monoisotopic (exact) mass is 444 g/mol. The summed E-state index contributed by atoms with van der Waals surface area (Å²) < 4.78 is 144. The number of halogens is 9. The Labute approximate surface area is 151 Å². The van der Waals surface area contributed by atoms with Crippen LogP contribution in [0.2, 0.25) is 0 Å². The zero-order valence-electron chi connectivity index (χ0n) is 13.5. The molecule has 0 fully saturated rings. The minimum Gasteiger partial charge on any atom is -0.463 e. The van der Waals surface area contributed by atoms with E-state index in [2.05, 4.69) is 4.74 Å². The van der Waals surface area contributed by atoms with Gasteiger partial charge in [0, 0.05) is 6.08 Å². The van der Waals surface area contributed by atoms with Crippen molar-refractivity contribution in [2.75, 3.05) is 6.61 Å². The van der Waals surface area contributed by atoms with Gasteiger partial charge in [-0.15, -0.1) is 0 Å². The van der Waals surface area contributed by atoms with Gasteiger partial charge in [0.05, 0.1) is 22.6 Å². The number of ether oxygens (including phenoxy) is 1. The Morgan fingerprint density at radius 3 is 1.86 bits per heavy atom. The molecule has 0 atom stereocenters. The first kappa shape index (κ1) is 23.8. The van der Waals surface area contributed by atoms with Gasteiger partial charge >= 0.3 is 23.8 Å². The van der Waals surface area contributed by atoms with Crippen LogP contribution in [0.4, 0.5) is 39.5 Å². The van der Waals surface area contributed by atoms with Crippen LogP contribution in [-0.4, -0.2) is 26.5 Å². The Balaban J connectivity index is 3.96. The maximum Gasteiger partial charge on any atom is 0.501 e. The van der Waals surface area contributed by atoms with Crippen molar-refractivity contribution in [2.24, 2.45) is 0 Å². The molecule has 0 amide bonds. The summed E-state index contributed by atoms with van der Waals surface area (Å²) in [5.74, 6) is -1.24.